The molecule has 2 rings (SSSR count). The number of carbonyl (C=O) groups is 1. The maximum Gasteiger partial charge on any atom is 0.220 e. The Morgan fingerprint density at radius 2 is 2.22 bits per heavy atom. The van der Waals surface area contributed by atoms with Crippen LogP contribution < -0.4 is 5.32 Å². The van der Waals surface area contributed by atoms with E-state index < -0.39 is 5.54 Å². The zero-order valence-electron chi connectivity index (χ0n) is 10.4. The zero-order valence-corrected chi connectivity index (χ0v) is 11.2. The van der Waals surface area contributed by atoms with E-state index in [-0.39, 0.29) is 11.7 Å². The van der Waals surface area contributed by atoms with Gasteiger partial charge in [-0.2, -0.15) is 0 Å². The summed E-state index contributed by atoms with van der Waals surface area (Å²) >= 11 is 5.73. The zero-order chi connectivity index (χ0) is 13.2. The van der Waals surface area contributed by atoms with Crippen molar-refractivity contribution in [3.63, 3.8) is 0 Å². The Kier molecular flexibility index (Phi) is 3.91. The maximum absolute atomic E-state index is 13.9. The average Bonchev–Trinajstić information content (AvgIpc) is 3.06. The molecule has 0 saturated heterocycles. The Morgan fingerprint density at radius 1 is 1.50 bits per heavy atom. The molecule has 0 aromatic heterocycles. The van der Waals surface area contributed by atoms with Crippen LogP contribution in [0.4, 0.5) is 4.39 Å². The van der Waals surface area contributed by atoms with Gasteiger partial charge in [-0.1, -0.05) is 31.0 Å². The van der Waals surface area contributed by atoms with Crippen LogP contribution in [0.2, 0.25) is 5.02 Å². The number of halogens is 2. The molecule has 1 amide bonds. The molecule has 1 aromatic rings. The predicted molar refractivity (Wildman–Crippen MR) is 70.0 cm³/mol. The van der Waals surface area contributed by atoms with E-state index in [1.54, 1.807) is 12.1 Å². The molecule has 4 heteroatoms. The highest BCUT2D eigenvalue weighted by Crippen LogP contribution is 2.46. The average molecular weight is 270 g/mol. The standard InChI is InChI=1S/C14H17ClFNO/c1-2-3-4-13(18)17-14(7-8-14)11-6-5-10(15)9-12(11)16/h5-6,9H,2-4,7-8H2,1H3,(H,17,18). The second-order valence-electron chi connectivity index (χ2n) is 4.86. The molecule has 0 radical (unpaired) electrons. The molecule has 0 unspecified atom stereocenters. The van der Waals surface area contributed by atoms with Crippen LogP contribution in [0.15, 0.2) is 18.2 Å². The van der Waals surface area contributed by atoms with Gasteiger partial charge < -0.3 is 5.32 Å². The highest BCUT2D eigenvalue weighted by atomic mass is 35.5. The van der Waals surface area contributed by atoms with E-state index in [9.17, 15) is 9.18 Å². The molecule has 0 spiro atoms. The second kappa shape index (κ2) is 5.27. The minimum absolute atomic E-state index is 0.00343. The fraction of sp³-hybridized carbons (Fsp3) is 0.500. The Labute approximate surface area is 112 Å². The van der Waals surface area contributed by atoms with Crippen molar-refractivity contribution in [2.75, 3.05) is 0 Å². The fourth-order valence-electron chi connectivity index (χ4n) is 2.13. The summed E-state index contributed by atoms with van der Waals surface area (Å²) in [5.74, 6) is -0.334. The molecule has 1 aliphatic carbocycles. The van der Waals surface area contributed by atoms with Gasteiger partial charge in [0.2, 0.25) is 5.91 Å². The SMILES string of the molecule is CCCCC(=O)NC1(c2ccc(Cl)cc2F)CC1. The fourth-order valence-corrected chi connectivity index (χ4v) is 2.29. The third-order valence-corrected chi connectivity index (χ3v) is 3.57. The van der Waals surface area contributed by atoms with E-state index in [1.165, 1.54) is 6.07 Å². The van der Waals surface area contributed by atoms with Crippen LogP contribution >= 0.6 is 11.6 Å². The Morgan fingerprint density at radius 3 is 2.78 bits per heavy atom. The van der Waals surface area contributed by atoms with Gasteiger partial charge >= 0.3 is 0 Å². The molecule has 1 saturated carbocycles. The summed E-state index contributed by atoms with van der Waals surface area (Å²) in [6.45, 7) is 2.04. The highest BCUT2D eigenvalue weighted by molar-refractivity contribution is 6.30. The minimum Gasteiger partial charge on any atom is -0.346 e. The van der Waals surface area contributed by atoms with Gasteiger partial charge in [0.05, 0.1) is 5.54 Å². The lowest BCUT2D eigenvalue weighted by Crippen LogP contribution is -2.35. The first-order chi connectivity index (χ1) is 8.57. The topological polar surface area (TPSA) is 29.1 Å². The van der Waals surface area contributed by atoms with Crippen molar-refractivity contribution in [1.82, 2.24) is 5.32 Å². The van der Waals surface area contributed by atoms with Crippen LogP contribution in [0, 0.1) is 5.82 Å². The number of amides is 1. The Bertz CT molecular complexity index is 457. The quantitative estimate of drug-likeness (QED) is 0.866. The number of carbonyl (C=O) groups excluding carboxylic acids is 1. The van der Waals surface area contributed by atoms with Crippen LogP contribution in [0.1, 0.15) is 44.6 Å². The summed E-state index contributed by atoms with van der Waals surface area (Å²) in [7, 11) is 0. The first kappa shape index (κ1) is 13.3. The predicted octanol–water partition coefficient (Wildman–Crippen LogP) is 3.77. The molecule has 0 atom stereocenters. The van der Waals surface area contributed by atoms with Crippen LogP contribution in [-0.4, -0.2) is 5.91 Å². The van der Waals surface area contributed by atoms with Crippen LogP contribution in [-0.2, 0) is 10.3 Å². The first-order valence-electron chi connectivity index (χ1n) is 6.34. The lowest BCUT2D eigenvalue weighted by atomic mass is 10.0. The molecule has 2 nitrogen and oxygen atoms in total. The molecule has 0 bridgehead atoms. The molecular weight excluding hydrogens is 253 g/mol. The van der Waals surface area contributed by atoms with Crippen LogP contribution in [0.3, 0.4) is 0 Å². The van der Waals surface area contributed by atoms with E-state index >= 15 is 0 Å². The summed E-state index contributed by atoms with van der Waals surface area (Å²) in [4.78, 5) is 11.7. The van der Waals surface area contributed by atoms with Crippen LogP contribution in [0.25, 0.3) is 0 Å². The lowest BCUT2D eigenvalue weighted by molar-refractivity contribution is -0.122. The third-order valence-electron chi connectivity index (χ3n) is 3.33. The van der Waals surface area contributed by atoms with E-state index in [2.05, 4.69) is 5.32 Å². The maximum atomic E-state index is 13.9. The molecular formula is C14H17ClFNO. The van der Waals surface area contributed by atoms with E-state index in [1.807, 2.05) is 6.92 Å². The number of hydrogen-bond acceptors (Lipinski definition) is 1. The van der Waals surface area contributed by atoms with E-state index in [0.29, 0.717) is 17.0 Å². The third kappa shape index (κ3) is 2.83. The van der Waals surface area contributed by atoms with Gasteiger partial charge in [0, 0.05) is 17.0 Å². The summed E-state index contributed by atoms with van der Waals surface area (Å²) in [6.07, 6.45) is 3.95. The summed E-state index contributed by atoms with van der Waals surface area (Å²) in [5, 5.41) is 3.34. The number of rotatable bonds is 5. The van der Waals surface area contributed by atoms with Crippen molar-refractivity contribution >= 4 is 17.5 Å². The molecule has 1 aliphatic rings. The smallest absolute Gasteiger partial charge is 0.220 e. The van der Waals surface area contributed by atoms with Gasteiger partial charge in [-0.25, -0.2) is 4.39 Å². The normalized spacial score (nSPS) is 16.4. The molecule has 1 N–H and O–H groups in total. The largest absolute Gasteiger partial charge is 0.346 e. The molecule has 18 heavy (non-hydrogen) atoms. The van der Waals surface area contributed by atoms with Crippen molar-refractivity contribution in [1.29, 1.82) is 0 Å². The Hall–Kier alpha value is -1.09. The van der Waals surface area contributed by atoms with Crippen LogP contribution in [0.5, 0.6) is 0 Å². The van der Waals surface area contributed by atoms with Crippen molar-refractivity contribution in [3.8, 4) is 0 Å². The lowest BCUT2D eigenvalue weighted by Gasteiger charge is -2.18. The van der Waals surface area contributed by atoms with Crippen molar-refractivity contribution in [2.45, 2.75) is 44.6 Å². The number of unbranched alkanes of at least 4 members (excludes halogenated alkanes) is 1. The summed E-state index contributed by atoms with van der Waals surface area (Å²) in [5.41, 5.74) is 0.0659. The van der Waals surface area contributed by atoms with E-state index in [4.69, 9.17) is 11.6 Å². The number of nitrogens with one attached hydrogen (secondary N) is 1. The highest BCUT2D eigenvalue weighted by Gasteiger charge is 2.47. The summed E-state index contributed by atoms with van der Waals surface area (Å²) in [6, 6.07) is 4.64. The van der Waals surface area contributed by atoms with Gasteiger partial charge in [-0.15, -0.1) is 0 Å². The van der Waals surface area contributed by atoms with Crippen molar-refractivity contribution in [3.05, 3.63) is 34.6 Å². The number of benzene rings is 1. The summed E-state index contributed by atoms with van der Waals surface area (Å²) < 4.78 is 13.9. The van der Waals surface area contributed by atoms with Gasteiger partial charge in [0.25, 0.3) is 0 Å². The van der Waals surface area contributed by atoms with Gasteiger partial charge in [-0.05, 0) is 31.4 Å². The first-order valence-corrected chi connectivity index (χ1v) is 6.72. The molecule has 0 heterocycles. The monoisotopic (exact) mass is 269 g/mol. The molecule has 1 fully saturated rings. The van der Waals surface area contributed by atoms with E-state index in [0.717, 1.165) is 25.7 Å². The van der Waals surface area contributed by atoms with Gasteiger partial charge in [0.1, 0.15) is 5.82 Å². The minimum atomic E-state index is -0.487. The van der Waals surface area contributed by atoms with Gasteiger partial charge in [0.15, 0.2) is 0 Å². The molecule has 1 aromatic carbocycles. The van der Waals surface area contributed by atoms with Gasteiger partial charge in [-0.3, -0.25) is 4.79 Å². The number of hydrogen-bond donors (Lipinski definition) is 1. The Balaban J connectivity index is 2.09. The second-order valence-corrected chi connectivity index (χ2v) is 5.29. The van der Waals surface area contributed by atoms with Crippen molar-refractivity contribution < 1.29 is 9.18 Å². The molecule has 0 aliphatic heterocycles. The van der Waals surface area contributed by atoms with Crippen molar-refractivity contribution in [2.24, 2.45) is 0 Å². The molecule has 98 valence electrons.